The molecule has 0 aliphatic heterocycles. The van der Waals surface area contributed by atoms with Gasteiger partial charge in [-0.2, -0.15) is 0 Å². The second kappa shape index (κ2) is 12.0. The number of alkyl halides is 1. The minimum absolute atomic E-state index is 0. The molecule has 0 aromatic carbocycles. The maximum Gasteiger partial charge on any atom is 1.00 e. The molecule has 0 aromatic heterocycles. The summed E-state index contributed by atoms with van der Waals surface area (Å²) in [5, 5.41) is 15.0. The van der Waals surface area contributed by atoms with Crippen LogP contribution in [0, 0.1) is 0 Å². The molecule has 56 valence electrons. The van der Waals surface area contributed by atoms with Crippen molar-refractivity contribution in [2.45, 2.75) is 6.92 Å². The summed E-state index contributed by atoms with van der Waals surface area (Å²) < 4.78 is 0. The molecule has 0 saturated heterocycles. The minimum atomic E-state index is -0.980. The average molecular weight is 179 g/mol. The van der Waals surface area contributed by atoms with E-state index in [1.54, 1.807) is 0 Å². The van der Waals surface area contributed by atoms with E-state index in [1.807, 2.05) is 0 Å². The van der Waals surface area contributed by atoms with Crippen LogP contribution in [0.3, 0.4) is 0 Å². The smallest absolute Gasteiger partial charge is 1.00 e. The van der Waals surface area contributed by atoms with Crippen molar-refractivity contribution in [3.8, 4) is 0 Å². The third-order valence-corrected chi connectivity index (χ3v) is 0.343. The molecule has 0 amide bonds. The van der Waals surface area contributed by atoms with Crippen LogP contribution in [-0.2, 0) is 9.59 Å². The van der Waals surface area contributed by atoms with Gasteiger partial charge in [0, 0.05) is 6.92 Å². The maximum absolute atomic E-state index is 9.24. The first-order chi connectivity index (χ1) is 4.00. The minimum Gasteiger partial charge on any atom is -1.00 e. The molecule has 0 heterocycles. The molecular formula is C4H8ClNaO4. The normalized spacial score (nSPS) is 6.20. The number of carboxylic acid groups (broad SMARTS) is 2. The zero-order valence-corrected chi connectivity index (χ0v) is 8.55. The van der Waals surface area contributed by atoms with Crippen LogP contribution in [0.2, 0.25) is 0 Å². The molecule has 0 aliphatic carbocycles. The quantitative estimate of drug-likeness (QED) is 0.344. The van der Waals surface area contributed by atoms with Gasteiger partial charge >= 0.3 is 35.5 Å². The number of rotatable bonds is 1. The SMILES string of the molecule is CC(=O)O.O=C(O)CCl.[H-].[Na+]. The van der Waals surface area contributed by atoms with Crippen LogP contribution in [0.1, 0.15) is 8.35 Å². The third kappa shape index (κ3) is 86.5. The molecule has 0 saturated carbocycles. The predicted molar refractivity (Wildman–Crippen MR) is 32.8 cm³/mol. The van der Waals surface area contributed by atoms with E-state index >= 15 is 0 Å². The monoisotopic (exact) mass is 178 g/mol. The van der Waals surface area contributed by atoms with Crippen molar-refractivity contribution in [3.63, 3.8) is 0 Å². The summed E-state index contributed by atoms with van der Waals surface area (Å²) in [4.78, 5) is 18.2. The first-order valence-electron chi connectivity index (χ1n) is 1.98. The van der Waals surface area contributed by atoms with Crippen LogP contribution in [0.25, 0.3) is 0 Å². The van der Waals surface area contributed by atoms with Crippen LogP contribution in [0.4, 0.5) is 0 Å². The summed E-state index contributed by atoms with van der Waals surface area (Å²) in [6, 6.07) is 0. The van der Waals surface area contributed by atoms with Crippen LogP contribution in [0.5, 0.6) is 0 Å². The molecule has 10 heavy (non-hydrogen) atoms. The van der Waals surface area contributed by atoms with E-state index in [4.69, 9.17) is 26.6 Å². The first-order valence-corrected chi connectivity index (χ1v) is 2.51. The standard InChI is InChI=1S/C2H3ClO2.C2H4O2.Na.H/c3-1-2(4)5;1-2(3)4;;/h1H2,(H,4,5);1H3,(H,3,4);;/q;;+1;-1. The van der Waals surface area contributed by atoms with Crippen molar-refractivity contribution < 1.29 is 50.8 Å². The van der Waals surface area contributed by atoms with E-state index < -0.39 is 11.9 Å². The van der Waals surface area contributed by atoms with Gasteiger partial charge in [0.25, 0.3) is 5.97 Å². The largest absolute Gasteiger partial charge is 1.00 e. The van der Waals surface area contributed by atoms with Crippen molar-refractivity contribution in [1.29, 1.82) is 0 Å². The van der Waals surface area contributed by atoms with Gasteiger partial charge in [-0.05, 0) is 0 Å². The van der Waals surface area contributed by atoms with Gasteiger partial charge in [0.1, 0.15) is 5.88 Å². The Bertz CT molecular complexity index is 106. The predicted octanol–water partition coefficient (Wildman–Crippen LogP) is -2.48. The Morgan fingerprint density at radius 1 is 1.50 bits per heavy atom. The summed E-state index contributed by atoms with van der Waals surface area (Å²) in [6.07, 6.45) is 0. The second-order valence-electron chi connectivity index (χ2n) is 1.05. The molecule has 2 N–H and O–H groups in total. The summed E-state index contributed by atoms with van der Waals surface area (Å²) in [6.45, 7) is 1.08. The van der Waals surface area contributed by atoms with Gasteiger partial charge in [-0.1, -0.05) is 0 Å². The number of carbonyl (C=O) groups is 2. The average Bonchev–Trinajstić information content (AvgIpc) is 1.65. The van der Waals surface area contributed by atoms with Crippen LogP contribution >= 0.6 is 11.6 Å². The van der Waals surface area contributed by atoms with E-state index in [0.717, 1.165) is 6.92 Å². The Morgan fingerprint density at radius 3 is 1.60 bits per heavy atom. The fourth-order valence-electron chi connectivity index (χ4n) is 0. The molecule has 4 nitrogen and oxygen atoms in total. The van der Waals surface area contributed by atoms with Crippen molar-refractivity contribution in [2.24, 2.45) is 0 Å². The van der Waals surface area contributed by atoms with Gasteiger partial charge in [0.05, 0.1) is 0 Å². The van der Waals surface area contributed by atoms with Crippen molar-refractivity contribution in [2.75, 3.05) is 5.88 Å². The molecule has 0 fully saturated rings. The van der Waals surface area contributed by atoms with Crippen LogP contribution < -0.4 is 29.6 Å². The molecule has 0 rings (SSSR count). The van der Waals surface area contributed by atoms with Gasteiger partial charge in [-0.25, -0.2) is 0 Å². The van der Waals surface area contributed by atoms with E-state index in [9.17, 15) is 4.79 Å². The molecule has 0 unspecified atom stereocenters. The Labute approximate surface area is 87.0 Å². The molecule has 0 radical (unpaired) electrons. The summed E-state index contributed by atoms with van der Waals surface area (Å²) >= 11 is 4.74. The number of carboxylic acids is 2. The first kappa shape index (κ1) is 16.7. The maximum atomic E-state index is 9.24. The van der Waals surface area contributed by atoms with Gasteiger partial charge < -0.3 is 11.6 Å². The summed E-state index contributed by atoms with van der Waals surface area (Å²) in [7, 11) is 0. The fourth-order valence-corrected chi connectivity index (χ4v) is 0. The Morgan fingerprint density at radius 2 is 1.60 bits per heavy atom. The van der Waals surface area contributed by atoms with Crippen molar-refractivity contribution in [3.05, 3.63) is 0 Å². The van der Waals surface area contributed by atoms with Crippen LogP contribution in [-0.4, -0.2) is 28.0 Å². The van der Waals surface area contributed by atoms with Gasteiger partial charge in [-0.3, -0.25) is 9.59 Å². The number of hydrogen-bond donors (Lipinski definition) is 2. The summed E-state index contributed by atoms with van der Waals surface area (Å²) in [5.74, 6) is -2.12. The topological polar surface area (TPSA) is 74.6 Å². The zero-order valence-electron chi connectivity index (χ0n) is 6.80. The number of hydrogen-bond acceptors (Lipinski definition) is 2. The van der Waals surface area contributed by atoms with E-state index in [0.29, 0.717) is 0 Å². The molecule has 0 atom stereocenters. The number of aliphatic carboxylic acids is 2. The van der Waals surface area contributed by atoms with Crippen molar-refractivity contribution in [1.82, 2.24) is 0 Å². The molecule has 0 aromatic rings. The van der Waals surface area contributed by atoms with Crippen LogP contribution in [0.15, 0.2) is 0 Å². The fraction of sp³-hybridized carbons (Fsp3) is 0.500. The molecule has 0 aliphatic rings. The van der Waals surface area contributed by atoms with Gasteiger partial charge in [0.2, 0.25) is 0 Å². The Kier molecular flexibility index (Phi) is 19.9. The van der Waals surface area contributed by atoms with E-state index in [2.05, 4.69) is 0 Å². The Balaban J connectivity index is -0.0000000383. The second-order valence-corrected chi connectivity index (χ2v) is 1.31. The van der Waals surface area contributed by atoms with E-state index in [1.165, 1.54) is 0 Å². The number of halogens is 1. The zero-order chi connectivity index (χ0) is 7.86. The van der Waals surface area contributed by atoms with Gasteiger partial charge in [0.15, 0.2) is 0 Å². The summed E-state index contributed by atoms with van der Waals surface area (Å²) in [5.41, 5.74) is 0. The third-order valence-electron chi connectivity index (χ3n) is 0.114. The molecule has 0 spiro atoms. The van der Waals surface area contributed by atoms with Crippen molar-refractivity contribution >= 4 is 23.5 Å². The van der Waals surface area contributed by atoms with E-state index in [-0.39, 0.29) is 36.9 Å². The molecule has 6 heteroatoms. The molecular weight excluding hydrogens is 170 g/mol. The van der Waals surface area contributed by atoms with Gasteiger partial charge in [-0.15, -0.1) is 11.6 Å². The molecule has 0 bridgehead atoms. The Hall–Kier alpha value is 0.230.